The summed E-state index contributed by atoms with van der Waals surface area (Å²) in [4.78, 5) is 0. The van der Waals surface area contributed by atoms with E-state index >= 15 is 0 Å². The number of ether oxygens (including phenoxy) is 4. The molecule has 2 heterocycles. The molecule has 0 amide bonds. The van der Waals surface area contributed by atoms with Gasteiger partial charge in [0.25, 0.3) is 0 Å². The third-order valence-electron chi connectivity index (χ3n) is 6.31. The van der Waals surface area contributed by atoms with E-state index in [2.05, 4.69) is 0 Å². The maximum atomic E-state index is 10.2. The number of hydrogen-bond donors (Lipinski definition) is 12. The van der Waals surface area contributed by atoms with Gasteiger partial charge in [0, 0.05) is 0 Å². The molecule has 2 saturated heterocycles. The molecule has 3 fully saturated rings. The van der Waals surface area contributed by atoms with Gasteiger partial charge in [-0.15, -0.1) is 0 Å². The molecule has 1 saturated carbocycles. The van der Waals surface area contributed by atoms with Gasteiger partial charge in [0.2, 0.25) is 0 Å². The van der Waals surface area contributed by atoms with E-state index in [1.54, 1.807) is 0 Å². The zero-order valence-electron chi connectivity index (χ0n) is 17.7. The van der Waals surface area contributed by atoms with E-state index in [1.165, 1.54) is 0 Å². The SMILES string of the molecule is OCC1O[C@H](OCC2O[C@H](OC3C(O)[C@H](O)C(O)C(O)[C@@H]3O)C(O)C(O)[C@H]2O)C(O)C(O)[C@H]1O. The van der Waals surface area contributed by atoms with Gasteiger partial charge in [-0.1, -0.05) is 0 Å². The summed E-state index contributed by atoms with van der Waals surface area (Å²) in [6.07, 6.45) is -28.3. The molecule has 34 heavy (non-hydrogen) atoms. The molecule has 16 atom stereocenters. The van der Waals surface area contributed by atoms with Gasteiger partial charge in [0.1, 0.15) is 85.5 Å². The number of hydrogen-bond acceptors (Lipinski definition) is 16. The van der Waals surface area contributed by atoms with Gasteiger partial charge >= 0.3 is 0 Å². The van der Waals surface area contributed by atoms with Crippen molar-refractivity contribution >= 4 is 0 Å². The van der Waals surface area contributed by atoms with Crippen LogP contribution in [0.15, 0.2) is 0 Å². The molecule has 0 radical (unpaired) electrons. The number of aliphatic hydroxyl groups excluding tert-OH is 12. The average Bonchev–Trinajstić information content (AvgIpc) is 2.82. The highest BCUT2D eigenvalue weighted by Gasteiger charge is 2.53. The highest BCUT2D eigenvalue weighted by Crippen LogP contribution is 2.30. The van der Waals surface area contributed by atoms with Crippen LogP contribution in [0, 0.1) is 0 Å². The summed E-state index contributed by atoms with van der Waals surface area (Å²) in [5.74, 6) is 0. The van der Waals surface area contributed by atoms with Crippen LogP contribution in [0.2, 0.25) is 0 Å². The second-order valence-corrected chi connectivity index (χ2v) is 8.60. The van der Waals surface area contributed by atoms with Crippen molar-refractivity contribution in [1.82, 2.24) is 0 Å². The van der Waals surface area contributed by atoms with E-state index in [9.17, 15) is 61.3 Å². The molecule has 0 aromatic heterocycles. The first-order chi connectivity index (χ1) is 15.9. The fourth-order valence-electron chi connectivity index (χ4n) is 4.07. The molecule has 16 heteroatoms. The van der Waals surface area contributed by atoms with Crippen LogP contribution in [0.3, 0.4) is 0 Å². The molecule has 0 aromatic carbocycles. The summed E-state index contributed by atoms with van der Waals surface area (Å²) in [6, 6.07) is 0. The fourth-order valence-corrected chi connectivity index (χ4v) is 4.07. The average molecular weight is 504 g/mol. The van der Waals surface area contributed by atoms with Crippen LogP contribution in [-0.2, 0) is 18.9 Å². The maximum Gasteiger partial charge on any atom is 0.187 e. The second-order valence-electron chi connectivity index (χ2n) is 8.60. The van der Waals surface area contributed by atoms with Crippen molar-refractivity contribution in [2.24, 2.45) is 0 Å². The minimum Gasteiger partial charge on any atom is -0.394 e. The summed E-state index contributed by atoms with van der Waals surface area (Å²) in [5, 5.41) is 119. The minimum absolute atomic E-state index is 0.646. The smallest absolute Gasteiger partial charge is 0.187 e. The Morgan fingerprint density at radius 1 is 0.471 bits per heavy atom. The molecule has 0 aromatic rings. The molecule has 0 spiro atoms. The van der Waals surface area contributed by atoms with E-state index in [0.29, 0.717) is 0 Å². The third kappa shape index (κ3) is 5.23. The Balaban J connectivity index is 1.67. The second kappa shape index (κ2) is 11.2. The third-order valence-corrected chi connectivity index (χ3v) is 6.31. The maximum absolute atomic E-state index is 10.2. The number of rotatable bonds is 6. The fraction of sp³-hybridized carbons (Fsp3) is 1.00. The Morgan fingerprint density at radius 3 is 1.41 bits per heavy atom. The lowest BCUT2D eigenvalue weighted by atomic mass is 9.84. The van der Waals surface area contributed by atoms with Gasteiger partial charge in [0.05, 0.1) is 13.2 Å². The zero-order valence-corrected chi connectivity index (χ0v) is 17.7. The predicted octanol–water partition coefficient (Wildman–Crippen LogP) is -8.19. The topological polar surface area (TPSA) is 280 Å². The molecular weight excluding hydrogens is 472 g/mol. The van der Waals surface area contributed by atoms with Gasteiger partial charge < -0.3 is 80.2 Å². The highest BCUT2D eigenvalue weighted by molar-refractivity contribution is 5.00. The monoisotopic (exact) mass is 504 g/mol. The summed E-state index contributed by atoms with van der Waals surface area (Å²) in [7, 11) is 0. The summed E-state index contributed by atoms with van der Waals surface area (Å²) < 4.78 is 21.0. The summed E-state index contributed by atoms with van der Waals surface area (Å²) in [6.45, 7) is -1.36. The van der Waals surface area contributed by atoms with Crippen molar-refractivity contribution in [1.29, 1.82) is 0 Å². The van der Waals surface area contributed by atoms with Crippen LogP contribution >= 0.6 is 0 Å². The molecule has 12 N–H and O–H groups in total. The Morgan fingerprint density at radius 2 is 0.882 bits per heavy atom. The van der Waals surface area contributed by atoms with Crippen molar-refractivity contribution < 1.29 is 80.2 Å². The first-order valence-corrected chi connectivity index (χ1v) is 10.6. The lowest BCUT2D eigenvalue weighted by Crippen LogP contribution is -2.67. The van der Waals surface area contributed by atoms with Crippen LogP contribution in [0.5, 0.6) is 0 Å². The standard InChI is InChI=1S/C18H32O16/c19-1-3-5(20)7(22)14(29)17(32-3)31-2-4-6(21)8(23)15(30)18(33-4)34-16-12(27)10(25)9(24)11(26)13(16)28/h3-30H,1-2H2/t3?,4?,5-,6-,7?,8?,9?,10+,11?,12?,13-,14?,15?,16?,17-,18+/m0/s1. The first kappa shape index (κ1) is 27.9. The van der Waals surface area contributed by atoms with Gasteiger partial charge in [-0.2, -0.15) is 0 Å². The Hall–Kier alpha value is -0.640. The van der Waals surface area contributed by atoms with E-state index < -0.39 is 111 Å². The molecule has 1 aliphatic carbocycles. The van der Waals surface area contributed by atoms with Crippen LogP contribution in [-0.4, -0.2) is 173 Å². The summed E-state index contributed by atoms with van der Waals surface area (Å²) >= 11 is 0. The van der Waals surface area contributed by atoms with Crippen molar-refractivity contribution in [3.63, 3.8) is 0 Å². The highest BCUT2D eigenvalue weighted by atomic mass is 16.7. The van der Waals surface area contributed by atoms with Crippen LogP contribution in [0.25, 0.3) is 0 Å². The first-order valence-electron chi connectivity index (χ1n) is 10.6. The van der Waals surface area contributed by atoms with E-state index in [4.69, 9.17) is 18.9 Å². The number of aliphatic hydroxyl groups is 12. The van der Waals surface area contributed by atoms with Gasteiger partial charge in [-0.05, 0) is 0 Å². The Labute approximate surface area is 192 Å². The van der Waals surface area contributed by atoms with E-state index in [0.717, 1.165) is 0 Å². The zero-order chi connectivity index (χ0) is 25.5. The van der Waals surface area contributed by atoms with Crippen LogP contribution in [0.4, 0.5) is 0 Å². The molecule has 3 rings (SSSR count). The quantitative estimate of drug-likeness (QED) is 0.160. The Kier molecular flexibility index (Phi) is 9.18. The van der Waals surface area contributed by atoms with Crippen LogP contribution in [0.1, 0.15) is 0 Å². The van der Waals surface area contributed by atoms with Crippen LogP contribution < -0.4 is 0 Å². The largest absolute Gasteiger partial charge is 0.394 e. The predicted molar refractivity (Wildman–Crippen MR) is 101 cm³/mol. The van der Waals surface area contributed by atoms with E-state index in [-0.39, 0.29) is 0 Å². The van der Waals surface area contributed by atoms with Gasteiger partial charge in [-0.25, -0.2) is 0 Å². The van der Waals surface area contributed by atoms with Gasteiger partial charge in [-0.3, -0.25) is 0 Å². The molecule has 0 bridgehead atoms. The van der Waals surface area contributed by atoms with Crippen molar-refractivity contribution in [2.45, 2.75) is 98.0 Å². The van der Waals surface area contributed by atoms with Crippen molar-refractivity contribution in [3.05, 3.63) is 0 Å². The van der Waals surface area contributed by atoms with Crippen molar-refractivity contribution in [2.75, 3.05) is 13.2 Å². The molecular formula is C18H32O16. The Bertz CT molecular complexity index is 637. The molecule has 3 aliphatic rings. The lowest BCUT2D eigenvalue weighted by molar-refractivity contribution is -0.351. The van der Waals surface area contributed by atoms with E-state index in [1.807, 2.05) is 0 Å². The molecule has 200 valence electrons. The molecule has 16 nitrogen and oxygen atoms in total. The summed E-state index contributed by atoms with van der Waals surface area (Å²) in [5.41, 5.74) is 0. The minimum atomic E-state index is -1.93. The normalized spacial score (nSPS) is 54.7. The van der Waals surface area contributed by atoms with Gasteiger partial charge in [0.15, 0.2) is 12.6 Å². The molecule has 10 unspecified atom stereocenters. The van der Waals surface area contributed by atoms with Crippen molar-refractivity contribution in [3.8, 4) is 0 Å². The molecule has 2 aliphatic heterocycles. The lowest BCUT2D eigenvalue weighted by Gasteiger charge is -2.46.